The molecule has 2 saturated heterocycles. The van der Waals surface area contributed by atoms with Crippen LogP contribution >= 0.6 is 0 Å². The molecule has 0 N–H and O–H groups in total. The van der Waals surface area contributed by atoms with Gasteiger partial charge in [-0.3, -0.25) is 9.59 Å². The van der Waals surface area contributed by atoms with E-state index < -0.39 is 6.04 Å². The molecule has 2 aromatic carbocycles. The van der Waals surface area contributed by atoms with Gasteiger partial charge in [0.25, 0.3) is 0 Å². The summed E-state index contributed by atoms with van der Waals surface area (Å²) in [4.78, 5) is 30.9. The van der Waals surface area contributed by atoms with Crippen LogP contribution in [0.1, 0.15) is 49.8 Å². The van der Waals surface area contributed by atoms with Crippen molar-refractivity contribution >= 4 is 17.5 Å². The van der Waals surface area contributed by atoms with Gasteiger partial charge >= 0.3 is 0 Å². The SMILES string of the molecule is COc1ccc(C2C(C(=O)N3CCCC(C)C3)CCC(=O)N2c2ccc(C)cc2)cc1OC. The Balaban J connectivity index is 1.79. The third-order valence-corrected chi connectivity index (χ3v) is 6.94. The van der Waals surface area contributed by atoms with Crippen molar-refractivity contribution in [2.24, 2.45) is 11.8 Å². The predicted molar refractivity (Wildman–Crippen MR) is 129 cm³/mol. The first kappa shape index (κ1) is 23.1. The molecule has 33 heavy (non-hydrogen) atoms. The summed E-state index contributed by atoms with van der Waals surface area (Å²) < 4.78 is 11.0. The zero-order valence-electron chi connectivity index (χ0n) is 20.0. The molecule has 0 aromatic heterocycles. The second-order valence-corrected chi connectivity index (χ2v) is 9.34. The molecule has 2 amide bonds. The summed E-state index contributed by atoms with van der Waals surface area (Å²) in [6.07, 6.45) is 3.09. The number of anilines is 1. The molecular formula is C27H34N2O4. The Labute approximate surface area is 196 Å². The van der Waals surface area contributed by atoms with E-state index in [-0.39, 0.29) is 17.7 Å². The highest BCUT2D eigenvalue weighted by atomic mass is 16.5. The number of methoxy groups -OCH3 is 2. The maximum Gasteiger partial charge on any atom is 0.228 e. The highest BCUT2D eigenvalue weighted by molar-refractivity contribution is 5.97. The fraction of sp³-hybridized carbons (Fsp3) is 0.481. The van der Waals surface area contributed by atoms with E-state index in [1.807, 2.05) is 59.2 Å². The van der Waals surface area contributed by atoms with Gasteiger partial charge in [-0.05, 0) is 61.9 Å². The number of amides is 2. The van der Waals surface area contributed by atoms with Gasteiger partial charge in [0.1, 0.15) is 0 Å². The van der Waals surface area contributed by atoms with E-state index in [2.05, 4.69) is 6.92 Å². The summed E-state index contributed by atoms with van der Waals surface area (Å²) in [7, 11) is 3.20. The van der Waals surface area contributed by atoms with Gasteiger partial charge in [0.2, 0.25) is 11.8 Å². The summed E-state index contributed by atoms with van der Waals surface area (Å²) in [5.74, 6) is 1.58. The lowest BCUT2D eigenvalue weighted by Crippen LogP contribution is -2.51. The molecule has 2 aromatic rings. The van der Waals surface area contributed by atoms with Crippen molar-refractivity contribution in [2.75, 3.05) is 32.2 Å². The fourth-order valence-electron chi connectivity index (χ4n) is 5.20. The van der Waals surface area contributed by atoms with Gasteiger partial charge < -0.3 is 19.3 Å². The molecule has 176 valence electrons. The van der Waals surface area contributed by atoms with Crippen LogP contribution in [0, 0.1) is 18.8 Å². The van der Waals surface area contributed by atoms with Crippen LogP contribution in [0.25, 0.3) is 0 Å². The average molecular weight is 451 g/mol. The molecule has 2 heterocycles. The largest absolute Gasteiger partial charge is 0.493 e. The third kappa shape index (κ3) is 4.70. The van der Waals surface area contributed by atoms with Crippen molar-refractivity contribution in [3.05, 3.63) is 53.6 Å². The number of aryl methyl sites for hydroxylation is 1. The maximum absolute atomic E-state index is 13.8. The van der Waals surface area contributed by atoms with Gasteiger partial charge in [-0.2, -0.15) is 0 Å². The van der Waals surface area contributed by atoms with E-state index in [1.165, 1.54) is 0 Å². The molecule has 3 unspecified atom stereocenters. The van der Waals surface area contributed by atoms with Gasteiger partial charge in [-0.25, -0.2) is 0 Å². The number of piperidine rings is 2. The number of benzene rings is 2. The lowest BCUT2D eigenvalue weighted by Gasteiger charge is -2.43. The Morgan fingerprint density at radius 3 is 2.39 bits per heavy atom. The Bertz CT molecular complexity index is 1000. The molecule has 4 rings (SSSR count). The van der Waals surface area contributed by atoms with Crippen molar-refractivity contribution in [3.63, 3.8) is 0 Å². The lowest BCUT2D eigenvalue weighted by atomic mass is 9.82. The maximum atomic E-state index is 13.8. The molecule has 0 saturated carbocycles. The van der Waals surface area contributed by atoms with E-state index in [0.29, 0.717) is 30.3 Å². The summed E-state index contributed by atoms with van der Waals surface area (Å²) in [5.41, 5.74) is 2.82. The molecule has 0 bridgehead atoms. The Hall–Kier alpha value is -3.02. The Morgan fingerprint density at radius 1 is 1.00 bits per heavy atom. The standard InChI is InChI=1S/C27H34N2O4/c1-18-7-10-21(11-8-18)29-25(30)14-12-22(27(31)28-15-5-6-19(2)17-28)26(29)20-9-13-23(32-3)24(16-20)33-4/h7-11,13,16,19,22,26H,5-6,12,14-15,17H2,1-4H3. The Kier molecular flexibility index (Phi) is 6.91. The van der Waals surface area contributed by atoms with E-state index in [4.69, 9.17) is 9.47 Å². The highest BCUT2D eigenvalue weighted by Gasteiger charge is 2.43. The smallest absolute Gasteiger partial charge is 0.228 e. The van der Waals surface area contributed by atoms with E-state index >= 15 is 0 Å². The van der Waals surface area contributed by atoms with Crippen LogP contribution in [0.2, 0.25) is 0 Å². The van der Waals surface area contributed by atoms with Crippen LogP contribution in [-0.2, 0) is 9.59 Å². The van der Waals surface area contributed by atoms with Crippen molar-refractivity contribution in [1.82, 2.24) is 4.90 Å². The first-order valence-corrected chi connectivity index (χ1v) is 11.8. The number of carbonyl (C=O) groups is 2. The molecule has 0 spiro atoms. The molecule has 0 aliphatic carbocycles. The van der Waals surface area contributed by atoms with E-state index in [0.717, 1.165) is 42.7 Å². The molecule has 3 atom stereocenters. The summed E-state index contributed by atoms with van der Waals surface area (Å²) in [5, 5.41) is 0. The third-order valence-electron chi connectivity index (χ3n) is 6.94. The first-order chi connectivity index (χ1) is 15.9. The minimum absolute atomic E-state index is 0.0368. The topological polar surface area (TPSA) is 59.1 Å². The van der Waals surface area contributed by atoms with E-state index in [9.17, 15) is 9.59 Å². The van der Waals surface area contributed by atoms with Gasteiger partial charge in [0.15, 0.2) is 11.5 Å². The first-order valence-electron chi connectivity index (χ1n) is 11.8. The number of hydrogen-bond donors (Lipinski definition) is 0. The van der Waals surface area contributed by atoms with Crippen LogP contribution < -0.4 is 14.4 Å². The molecule has 0 radical (unpaired) electrons. The zero-order chi connectivity index (χ0) is 23.5. The highest BCUT2D eigenvalue weighted by Crippen LogP contribution is 2.43. The second-order valence-electron chi connectivity index (χ2n) is 9.34. The molecule has 2 aliphatic rings. The minimum atomic E-state index is -0.404. The number of likely N-dealkylation sites (tertiary alicyclic amines) is 1. The summed E-state index contributed by atoms with van der Waals surface area (Å²) in [6, 6.07) is 13.3. The Morgan fingerprint density at radius 2 is 1.73 bits per heavy atom. The number of nitrogens with zero attached hydrogens (tertiary/aromatic N) is 2. The van der Waals surface area contributed by atoms with Gasteiger partial charge in [0.05, 0.1) is 26.2 Å². The molecule has 2 fully saturated rings. The average Bonchev–Trinajstić information content (AvgIpc) is 2.83. The van der Waals surface area contributed by atoms with Gasteiger partial charge in [0, 0.05) is 25.2 Å². The monoisotopic (exact) mass is 450 g/mol. The molecule has 6 heteroatoms. The number of carbonyl (C=O) groups excluding carboxylic acids is 2. The minimum Gasteiger partial charge on any atom is -0.493 e. The molecule has 2 aliphatic heterocycles. The number of hydrogen-bond acceptors (Lipinski definition) is 4. The number of rotatable bonds is 5. The van der Waals surface area contributed by atoms with Crippen LogP contribution in [0.15, 0.2) is 42.5 Å². The quantitative estimate of drug-likeness (QED) is 0.659. The summed E-state index contributed by atoms with van der Waals surface area (Å²) >= 11 is 0. The zero-order valence-corrected chi connectivity index (χ0v) is 20.0. The molecule has 6 nitrogen and oxygen atoms in total. The second kappa shape index (κ2) is 9.86. The number of ether oxygens (including phenoxy) is 2. The van der Waals surface area contributed by atoms with Gasteiger partial charge in [-0.15, -0.1) is 0 Å². The lowest BCUT2D eigenvalue weighted by molar-refractivity contribution is -0.140. The van der Waals surface area contributed by atoms with Crippen LogP contribution in [0.5, 0.6) is 11.5 Å². The van der Waals surface area contributed by atoms with Crippen LogP contribution in [0.4, 0.5) is 5.69 Å². The fourth-order valence-corrected chi connectivity index (χ4v) is 5.20. The normalized spacial score (nSPS) is 23.4. The van der Waals surface area contributed by atoms with Crippen LogP contribution in [-0.4, -0.2) is 44.0 Å². The van der Waals surface area contributed by atoms with Crippen molar-refractivity contribution in [3.8, 4) is 11.5 Å². The predicted octanol–water partition coefficient (Wildman–Crippen LogP) is 4.76. The van der Waals surface area contributed by atoms with Crippen molar-refractivity contribution in [2.45, 2.75) is 45.6 Å². The van der Waals surface area contributed by atoms with Crippen molar-refractivity contribution < 1.29 is 19.1 Å². The van der Waals surface area contributed by atoms with E-state index in [1.54, 1.807) is 14.2 Å². The van der Waals surface area contributed by atoms with Crippen molar-refractivity contribution in [1.29, 1.82) is 0 Å². The molecular weight excluding hydrogens is 416 g/mol. The van der Waals surface area contributed by atoms with Gasteiger partial charge in [-0.1, -0.05) is 30.7 Å². The summed E-state index contributed by atoms with van der Waals surface area (Å²) in [6.45, 7) is 5.80. The van der Waals surface area contributed by atoms with Crippen LogP contribution in [0.3, 0.4) is 0 Å².